The molecule has 1 saturated heterocycles. The van der Waals surface area contributed by atoms with Crippen molar-refractivity contribution in [2.45, 2.75) is 52.0 Å². The molecule has 2 nitrogen and oxygen atoms in total. The maximum atomic E-state index is 14.1. The summed E-state index contributed by atoms with van der Waals surface area (Å²) in [6.07, 6.45) is 4.74. The number of benzene rings is 1. The Hall–Kier alpha value is -0.930. The molecule has 1 aliphatic heterocycles. The first-order valence-corrected chi connectivity index (χ1v) is 8.33. The highest BCUT2D eigenvalue weighted by atomic mass is 19.1. The van der Waals surface area contributed by atoms with E-state index in [0.717, 1.165) is 31.9 Å². The van der Waals surface area contributed by atoms with E-state index < -0.39 is 0 Å². The second kappa shape index (κ2) is 8.50. The molecule has 0 N–H and O–H groups in total. The minimum absolute atomic E-state index is 0.0722. The maximum Gasteiger partial charge on any atom is 0.127 e. The Morgan fingerprint density at radius 3 is 2.43 bits per heavy atom. The Labute approximate surface area is 128 Å². The lowest BCUT2D eigenvalue weighted by atomic mass is 9.89. The van der Waals surface area contributed by atoms with E-state index in [1.54, 1.807) is 6.07 Å². The molecule has 1 aliphatic rings. The van der Waals surface area contributed by atoms with Crippen molar-refractivity contribution < 1.29 is 9.13 Å². The van der Waals surface area contributed by atoms with Crippen molar-refractivity contribution in [2.24, 2.45) is 0 Å². The van der Waals surface area contributed by atoms with E-state index in [9.17, 15) is 4.39 Å². The molecule has 118 valence electrons. The van der Waals surface area contributed by atoms with E-state index in [1.165, 1.54) is 31.2 Å². The van der Waals surface area contributed by atoms with Crippen molar-refractivity contribution in [1.82, 2.24) is 4.90 Å². The summed E-state index contributed by atoms with van der Waals surface area (Å²) in [6.45, 7) is 8.47. The zero-order chi connectivity index (χ0) is 15.1. The first-order chi connectivity index (χ1) is 10.2. The first-order valence-electron chi connectivity index (χ1n) is 8.33. The van der Waals surface area contributed by atoms with Crippen molar-refractivity contribution in [1.29, 1.82) is 0 Å². The predicted molar refractivity (Wildman–Crippen MR) is 85.1 cm³/mol. The van der Waals surface area contributed by atoms with Crippen LogP contribution in [0.3, 0.4) is 0 Å². The fourth-order valence-electron chi connectivity index (χ4n) is 3.14. The molecule has 0 aromatic heterocycles. The van der Waals surface area contributed by atoms with Gasteiger partial charge in [0.05, 0.1) is 13.2 Å². The standard InChI is InChI=1S/C18H28FNO/c1-3-5-15(6-4-2)16-7-8-18(19)17(13-16)14-20-9-11-21-12-10-20/h7-8,13,15H,3-6,9-12,14H2,1-2H3. The topological polar surface area (TPSA) is 12.5 Å². The number of hydrogen-bond donors (Lipinski definition) is 0. The predicted octanol–water partition coefficient (Wildman–Crippen LogP) is 4.34. The number of morpholine rings is 1. The minimum Gasteiger partial charge on any atom is -0.379 e. The highest BCUT2D eigenvalue weighted by molar-refractivity contribution is 5.28. The quantitative estimate of drug-likeness (QED) is 0.741. The summed E-state index contributed by atoms with van der Waals surface area (Å²) in [6, 6.07) is 5.73. The van der Waals surface area contributed by atoms with Crippen LogP contribution in [0.15, 0.2) is 18.2 Å². The highest BCUT2D eigenvalue weighted by Crippen LogP contribution is 2.28. The lowest BCUT2D eigenvalue weighted by Crippen LogP contribution is -2.35. The van der Waals surface area contributed by atoms with E-state index in [1.807, 2.05) is 6.07 Å². The van der Waals surface area contributed by atoms with Gasteiger partial charge >= 0.3 is 0 Å². The minimum atomic E-state index is -0.0722. The molecule has 1 heterocycles. The molecule has 1 fully saturated rings. The van der Waals surface area contributed by atoms with Gasteiger partial charge in [-0.15, -0.1) is 0 Å². The van der Waals surface area contributed by atoms with Crippen LogP contribution in [0.1, 0.15) is 56.6 Å². The summed E-state index contributed by atoms with van der Waals surface area (Å²) in [5.74, 6) is 0.501. The number of nitrogens with zero attached hydrogens (tertiary/aromatic N) is 1. The Morgan fingerprint density at radius 2 is 1.81 bits per heavy atom. The Bertz CT molecular complexity index is 423. The van der Waals surface area contributed by atoms with Gasteiger partial charge in [0.25, 0.3) is 0 Å². The third kappa shape index (κ3) is 4.79. The Balaban J connectivity index is 2.11. The van der Waals surface area contributed by atoms with Crippen LogP contribution >= 0.6 is 0 Å². The maximum absolute atomic E-state index is 14.1. The molecule has 0 atom stereocenters. The number of rotatable bonds is 7. The molecule has 0 amide bonds. The van der Waals surface area contributed by atoms with Crippen LogP contribution < -0.4 is 0 Å². The van der Waals surface area contributed by atoms with Crippen LogP contribution in [0.25, 0.3) is 0 Å². The molecule has 0 aliphatic carbocycles. The highest BCUT2D eigenvalue weighted by Gasteiger charge is 2.16. The largest absolute Gasteiger partial charge is 0.379 e. The molecule has 0 radical (unpaired) electrons. The summed E-state index contributed by atoms with van der Waals surface area (Å²) in [5, 5.41) is 0. The van der Waals surface area contributed by atoms with Crippen molar-refractivity contribution in [3.63, 3.8) is 0 Å². The van der Waals surface area contributed by atoms with E-state index in [4.69, 9.17) is 4.74 Å². The third-order valence-corrected chi connectivity index (χ3v) is 4.31. The summed E-state index contributed by atoms with van der Waals surface area (Å²) < 4.78 is 19.5. The third-order valence-electron chi connectivity index (χ3n) is 4.31. The molecule has 0 bridgehead atoms. The van der Waals surface area contributed by atoms with Gasteiger partial charge in [0.1, 0.15) is 5.82 Å². The molecule has 0 unspecified atom stereocenters. The first kappa shape index (κ1) is 16.4. The van der Waals surface area contributed by atoms with Crippen LogP contribution in [0.4, 0.5) is 4.39 Å². The Kier molecular flexibility index (Phi) is 6.65. The fourth-order valence-corrected chi connectivity index (χ4v) is 3.14. The SMILES string of the molecule is CCCC(CCC)c1ccc(F)c(CN2CCOCC2)c1. The molecule has 2 rings (SSSR count). The van der Waals surface area contributed by atoms with Gasteiger partial charge in [-0.2, -0.15) is 0 Å². The van der Waals surface area contributed by atoms with Gasteiger partial charge in [-0.3, -0.25) is 4.90 Å². The van der Waals surface area contributed by atoms with Crippen molar-refractivity contribution in [3.8, 4) is 0 Å². The van der Waals surface area contributed by atoms with Crippen LogP contribution in [-0.2, 0) is 11.3 Å². The fraction of sp³-hybridized carbons (Fsp3) is 0.667. The number of hydrogen-bond acceptors (Lipinski definition) is 2. The van der Waals surface area contributed by atoms with E-state index in [-0.39, 0.29) is 5.82 Å². The van der Waals surface area contributed by atoms with Gasteiger partial charge in [-0.1, -0.05) is 38.8 Å². The monoisotopic (exact) mass is 293 g/mol. The smallest absolute Gasteiger partial charge is 0.127 e. The number of halogens is 1. The van der Waals surface area contributed by atoms with Gasteiger partial charge in [0.15, 0.2) is 0 Å². The van der Waals surface area contributed by atoms with Crippen LogP contribution in [0.5, 0.6) is 0 Å². The molecule has 1 aromatic rings. The van der Waals surface area contributed by atoms with Gasteiger partial charge in [-0.25, -0.2) is 4.39 Å². The van der Waals surface area contributed by atoms with Gasteiger partial charge < -0.3 is 4.74 Å². The zero-order valence-electron chi connectivity index (χ0n) is 13.4. The van der Waals surface area contributed by atoms with Gasteiger partial charge in [0, 0.05) is 25.2 Å². The Morgan fingerprint density at radius 1 is 1.14 bits per heavy atom. The van der Waals surface area contributed by atoms with E-state index in [2.05, 4.69) is 24.8 Å². The summed E-state index contributed by atoms with van der Waals surface area (Å²) in [5.41, 5.74) is 2.15. The molecule has 3 heteroatoms. The second-order valence-electron chi connectivity index (χ2n) is 6.01. The van der Waals surface area contributed by atoms with Gasteiger partial charge in [0.2, 0.25) is 0 Å². The van der Waals surface area contributed by atoms with Crippen LogP contribution in [-0.4, -0.2) is 31.2 Å². The van der Waals surface area contributed by atoms with Crippen molar-refractivity contribution in [2.75, 3.05) is 26.3 Å². The van der Waals surface area contributed by atoms with Crippen molar-refractivity contribution in [3.05, 3.63) is 35.1 Å². The van der Waals surface area contributed by atoms with E-state index >= 15 is 0 Å². The van der Waals surface area contributed by atoms with Gasteiger partial charge in [-0.05, 0) is 30.4 Å². The molecular formula is C18H28FNO. The van der Waals surface area contributed by atoms with Crippen molar-refractivity contribution >= 4 is 0 Å². The average Bonchev–Trinajstić information content (AvgIpc) is 2.50. The second-order valence-corrected chi connectivity index (χ2v) is 6.01. The lowest BCUT2D eigenvalue weighted by Gasteiger charge is -2.27. The summed E-state index contributed by atoms with van der Waals surface area (Å²) >= 11 is 0. The lowest BCUT2D eigenvalue weighted by molar-refractivity contribution is 0.0337. The number of ether oxygens (including phenoxy) is 1. The summed E-state index contributed by atoms with van der Waals surface area (Å²) in [7, 11) is 0. The zero-order valence-corrected chi connectivity index (χ0v) is 13.4. The molecule has 0 saturated carbocycles. The molecule has 1 aromatic carbocycles. The molecule has 0 spiro atoms. The van der Waals surface area contributed by atoms with E-state index in [0.29, 0.717) is 12.5 Å². The molecule has 21 heavy (non-hydrogen) atoms. The summed E-state index contributed by atoms with van der Waals surface area (Å²) in [4.78, 5) is 2.28. The average molecular weight is 293 g/mol. The normalized spacial score (nSPS) is 16.6. The van der Waals surface area contributed by atoms with Crippen LogP contribution in [0.2, 0.25) is 0 Å². The molecular weight excluding hydrogens is 265 g/mol. The van der Waals surface area contributed by atoms with Crippen LogP contribution in [0, 0.1) is 5.82 Å².